The zero-order chi connectivity index (χ0) is 18.9. The lowest BCUT2D eigenvalue weighted by Crippen LogP contribution is -2.28. The van der Waals surface area contributed by atoms with Crippen LogP contribution in [0.15, 0.2) is 35.4 Å². The molecule has 0 saturated carbocycles. The minimum atomic E-state index is -3.61. The molecule has 3 rings (SSSR count). The molecule has 0 fully saturated rings. The lowest BCUT2D eigenvalue weighted by atomic mass is 10.1. The fraction of sp³-hybridized carbons (Fsp3) is 0.353. The number of aromatic nitrogens is 1. The molecule has 2 heterocycles. The summed E-state index contributed by atoms with van der Waals surface area (Å²) in [6.07, 6.45) is 1.40. The van der Waals surface area contributed by atoms with Gasteiger partial charge in [-0.15, -0.1) is 0 Å². The molecule has 1 aliphatic rings. The van der Waals surface area contributed by atoms with E-state index in [1.165, 1.54) is 23.9 Å². The van der Waals surface area contributed by atoms with Crippen molar-refractivity contribution in [1.82, 2.24) is 14.6 Å². The van der Waals surface area contributed by atoms with Crippen LogP contribution in [0.5, 0.6) is 11.5 Å². The second-order valence-electron chi connectivity index (χ2n) is 5.98. The van der Waals surface area contributed by atoms with E-state index < -0.39 is 10.0 Å². The topological polar surface area (TPSA) is 98.7 Å². The molecule has 1 amide bonds. The van der Waals surface area contributed by atoms with Crippen molar-refractivity contribution in [3.63, 3.8) is 0 Å². The van der Waals surface area contributed by atoms with Gasteiger partial charge in [-0.25, -0.2) is 13.1 Å². The highest BCUT2D eigenvalue weighted by atomic mass is 32.2. The van der Waals surface area contributed by atoms with Crippen LogP contribution in [-0.4, -0.2) is 39.2 Å². The third-order valence-corrected chi connectivity index (χ3v) is 5.59. The molecule has 8 nitrogen and oxygen atoms in total. The molecule has 0 bridgehead atoms. The van der Waals surface area contributed by atoms with Crippen LogP contribution < -0.4 is 19.5 Å². The number of hydrogen-bond acceptors (Lipinski definition) is 5. The molecular weight excluding hydrogens is 358 g/mol. The van der Waals surface area contributed by atoms with Gasteiger partial charge in [-0.1, -0.05) is 6.07 Å². The summed E-state index contributed by atoms with van der Waals surface area (Å²) in [6.45, 7) is 2.85. The number of amides is 1. The van der Waals surface area contributed by atoms with Gasteiger partial charge < -0.3 is 19.4 Å². The van der Waals surface area contributed by atoms with Crippen molar-refractivity contribution >= 4 is 15.9 Å². The molecule has 2 aromatic rings. The molecule has 1 atom stereocenters. The molecule has 0 unspecified atom stereocenters. The molecule has 0 spiro atoms. The fourth-order valence-corrected chi connectivity index (χ4v) is 3.51. The second-order valence-corrected chi connectivity index (χ2v) is 7.86. The van der Waals surface area contributed by atoms with Crippen LogP contribution >= 0.6 is 0 Å². The summed E-state index contributed by atoms with van der Waals surface area (Å²) >= 11 is 0. The first-order valence-electron chi connectivity index (χ1n) is 8.12. The summed E-state index contributed by atoms with van der Waals surface area (Å²) in [7, 11) is -0.657. The van der Waals surface area contributed by atoms with Crippen LogP contribution in [0.2, 0.25) is 0 Å². The molecule has 0 saturated heterocycles. The van der Waals surface area contributed by atoms with Crippen LogP contribution in [0.3, 0.4) is 0 Å². The van der Waals surface area contributed by atoms with E-state index in [9.17, 15) is 13.2 Å². The summed E-state index contributed by atoms with van der Waals surface area (Å²) in [6, 6.07) is 6.56. The Morgan fingerprint density at radius 3 is 2.58 bits per heavy atom. The standard InChI is InChI=1S/C17H21N3O5S/c1-11(12-4-5-15-16(8-12)25-7-6-24-15)19-17(21)14-9-13(10-20(14)3)26(22,23)18-2/h4-5,8-11,18H,6-7H2,1-3H3,(H,19,21)/t11-/m0/s1. The molecule has 1 aromatic carbocycles. The van der Waals surface area contributed by atoms with E-state index in [-0.39, 0.29) is 22.5 Å². The number of carbonyl (C=O) groups excluding carboxylic acids is 1. The predicted molar refractivity (Wildman–Crippen MR) is 95.0 cm³/mol. The van der Waals surface area contributed by atoms with E-state index in [0.29, 0.717) is 24.7 Å². The molecule has 1 aliphatic heterocycles. The summed E-state index contributed by atoms with van der Waals surface area (Å²) in [5.74, 6) is 0.964. The van der Waals surface area contributed by atoms with Gasteiger partial charge in [0.05, 0.1) is 6.04 Å². The van der Waals surface area contributed by atoms with Gasteiger partial charge in [0.25, 0.3) is 5.91 Å². The summed E-state index contributed by atoms with van der Waals surface area (Å²) < 4.78 is 38.5. The number of hydrogen-bond donors (Lipinski definition) is 2. The molecule has 1 aromatic heterocycles. The maximum absolute atomic E-state index is 12.6. The molecule has 0 radical (unpaired) electrons. The first kappa shape index (κ1) is 18.3. The molecule has 26 heavy (non-hydrogen) atoms. The van der Waals surface area contributed by atoms with Crippen LogP contribution in [0.4, 0.5) is 0 Å². The number of nitrogens with zero attached hydrogens (tertiary/aromatic N) is 1. The van der Waals surface area contributed by atoms with E-state index in [2.05, 4.69) is 10.0 Å². The summed E-state index contributed by atoms with van der Waals surface area (Å²) in [5, 5.41) is 2.87. The number of carbonyl (C=O) groups is 1. The Hall–Kier alpha value is -2.52. The third kappa shape index (κ3) is 3.54. The maximum atomic E-state index is 12.6. The monoisotopic (exact) mass is 379 g/mol. The van der Waals surface area contributed by atoms with E-state index >= 15 is 0 Å². The predicted octanol–water partition coefficient (Wildman–Crippen LogP) is 1.20. The van der Waals surface area contributed by atoms with Gasteiger partial charge in [0.15, 0.2) is 11.5 Å². The highest BCUT2D eigenvalue weighted by Gasteiger charge is 2.21. The Morgan fingerprint density at radius 2 is 1.88 bits per heavy atom. The van der Waals surface area contributed by atoms with Crippen molar-refractivity contribution in [2.24, 2.45) is 7.05 Å². The van der Waals surface area contributed by atoms with E-state index in [0.717, 1.165) is 5.56 Å². The van der Waals surface area contributed by atoms with E-state index in [4.69, 9.17) is 9.47 Å². The van der Waals surface area contributed by atoms with Crippen LogP contribution in [-0.2, 0) is 17.1 Å². The Balaban J connectivity index is 1.78. The van der Waals surface area contributed by atoms with Gasteiger partial charge in [-0.3, -0.25) is 4.79 Å². The zero-order valence-corrected chi connectivity index (χ0v) is 15.6. The quantitative estimate of drug-likeness (QED) is 0.813. The van der Waals surface area contributed by atoms with Gasteiger partial charge in [-0.2, -0.15) is 0 Å². The third-order valence-electron chi connectivity index (χ3n) is 4.21. The average Bonchev–Trinajstić information content (AvgIpc) is 3.04. The van der Waals surface area contributed by atoms with Gasteiger partial charge in [-0.05, 0) is 37.7 Å². The number of sulfonamides is 1. The summed E-state index contributed by atoms with van der Waals surface area (Å²) in [4.78, 5) is 12.6. The number of nitrogens with one attached hydrogen (secondary N) is 2. The number of rotatable bonds is 5. The van der Waals surface area contributed by atoms with Gasteiger partial charge in [0.2, 0.25) is 10.0 Å². The maximum Gasteiger partial charge on any atom is 0.268 e. The second kappa shape index (κ2) is 7.00. The molecule has 0 aliphatic carbocycles. The summed E-state index contributed by atoms with van der Waals surface area (Å²) in [5.41, 5.74) is 1.11. The number of benzene rings is 1. The van der Waals surface area contributed by atoms with Crippen LogP contribution in [0, 0.1) is 0 Å². The largest absolute Gasteiger partial charge is 0.486 e. The first-order chi connectivity index (χ1) is 12.3. The van der Waals surface area contributed by atoms with Crippen molar-refractivity contribution in [2.45, 2.75) is 17.9 Å². The molecule has 2 N–H and O–H groups in total. The Labute approximate surface area is 152 Å². The van der Waals surface area contributed by atoms with Gasteiger partial charge in [0.1, 0.15) is 23.8 Å². The number of ether oxygens (including phenoxy) is 2. The van der Waals surface area contributed by atoms with Gasteiger partial charge >= 0.3 is 0 Å². The van der Waals surface area contributed by atoms with Crippen LogP contribution in [0.1, 0.15) is 29.0 Å². The van der Waals surface area contributed by atoms with Crippen molar-refractivity contribution in [3.8, 4) is 11.5 Å². The van der Waals surface area contributed by atoms with Gasteiger partial charge in [0, 0.05) is 13.2 Å². The van der Waals surface area contributed by atoms with Crippen molar-refractivity contribution < 1.29 is 22.7 Å². The smallest absolute Gasteiger partial charge is 0.268 e. The minimum absolute atomic E-state index is 0.0413. The zero-order valence-electron chi connectivity index (χ0n) is 14.8. The highest BCUT2D eigenvalue weighted by Crippen LogP contribution is 2.32. The van der Waals surface area contributed by atoms with E-state index in [1.807, 2.05) is 25.1 Å². The molecule has 140 valence electrons. The van der Waals surface area contributed by atoms with E-state index in [1.54, 1.807) is 7.05 Å². The van der Waals surface area contributed by atoms with Crippen molar-refractivity contribution in [2.75, 3.05) is 20.3 Å². The first-order valence-corrected chi connectivity index (χ1v) is 9.60. The minimum Gasteiger partial charge on any atom is -0.486 e. The van der Waals surface area contributed by atoms with Crippen molar-refractivity contribution in [3.05, 3.63) is 41.7 Å². The Kier molecular flexibility index (Phi) is 4.92. The van der Waals surface area contributed by atoms with Crippen LogP contribution in [0.25, 0.3) is 0 Å². The fourth-order valence-electron chi connectivity index (χ4n) is 2.71. The number of aryl methyl sites for hydroxylation is 1. The molecular formula is C17H21N3O5S. The van der Waals surface area contributed by atoms with Crippen molar-refractivity contribution in [1.29, 1.82) is 0 Å². The Morgan fingerprint density at radius 1 is 1.19 bits per heavy atom. The normalized spacial score (nSPS) is 14.7. The highest BCUT2D eigenvalue weighted by molar-refractivity contribution is 7.89. The lowest BCUT2D eigenvalue weighted by Gasteiger charge is -2.21. The Bertz CT molecular complexity index is 936. The number of fused-ring (bicyclic) bond motifs is 1. The lowest BCUT2D eigenvalue weighted by molar-refractivity contribution is 0.0931. The molecule has 9 heteroatoms. The SMILES string of the molecule is CNS(=O)(=O)c1cc(C(=O)N[C@@H](C)c2ccc3c(c2)OCCO3)n(C)c1. The average molecular weight is 379 g/mol.